The Morgan fingerprint density at radius 1 is 1.10 bits per heavy atom. The second-order valence-corrected chi connectivity index (χ2v) is 7.12. The van der Waals surface area contributed by atoms with Gasteiger partial charge >= 0.3 is 5.63 Å². The first-order chi connectivity index (χ1) is 14.3. The summed E-state index contributed by atoms with van der Waals surface area (Å²) in [5.41, 5.74) is 3.01. The third-order valence-electron chi connectivity index (χ3n) is 4.97. The van der Waals surface area contributed by atoms with Crippen LogP contribution >= 0.6 is 0 Å². The fourth-order valence-corrected chi connectivity index (χ4v) is 3.22. The van der Waals surface area contributed by atoms with E-state index in [9.17, 15) is 19.5 Å². The van der Waals surface area contributed by atoms with Crippen molar-refractivity contribution < 1.29 is 23.8 Å². The molecule has 0 fully saturated rings. The quantitative estimate of drug-likeness (QED) is 0.595. The van der Waals surface area contributed by atoms with Gasteiger partial charge in [0.25, 0.3) is 5.91 Å². The van der Waals surface area contributed by atoms with Gasteiger partial charge in [-0.05, 0) is 44.0 Å². The molecule has 0 saturated heterocycles. The van der Waals surface area contributed by atoms with E-state index in [1.54, 1.807) is 19.1 Å². The highest BCUT2D eigenvalue weighted by Gasteiger charge is 2.16. The average molecular weight is 408 g/mol. The Hall–Kier alpha value is -3.61. The predicted molar refractivity (Wildman–Crippen MR) is 109 cm³/mol. The topological polar surface area (TPSA) is 109 Å². The molecule has 1 aromatic heterocycles. The van der Waals surface area contributed by atoms with Crippen molar-refractivity contribution in [3.8, 4) is 5.75 Å². The number of fused-ring (bicyclic) bond motifs is 1. The van der Waals surface area contributed by atoms with Gasteiger partial charge in [-0.25, -0.2) is 4.79 Å². The molecule has 0 radical (unpaired) electrons. The Labute approximate surface area is 173 Å². The van der Waals surface area contributed by atoms with Crippen LogP contribution in [-0.2, 0) is 16.0 Å². The van der Waals surface area contributed by atoms with Crippen LogP contribution in [0.3, 0.4) is 0 Å². The molecule has 0 aliphatic carbocycles. The Morgan fingerprint density at radius 2 is 1.80 bits per heavy atom. The van der Waals surface area contributed by atoms with E-state index in [0.29, 0.717) is 28.9 Å². The number of nitrogens with one attached hydrogen (secondary N) is 1. The molecule has 3 aromatic rings. The molecular formula is C23H22NO6-. The van der Waals surface area contributed by atoms with E-state index in [1.807, 2.05) is 37.3 Å². The van der Waals surface area contributed by atoms with Crippen molar-refractivity contribution in [2.24, 2.45) is 0 Å². The highest BCUT2D eigenvalue weighted by Crippen LogP contribution is 2.30. The van der Waals surface area contributed by atoms with Crippen molar-refractivity contribution in [2.75, 3.05) is 6.61 Å². The summed E-state index contributed by atoms with van der Waals surface area (Å²) in [5.74, 6) is -1.60. The Bertz CT molecular complexity index is 1150. The van der Waals surface area contributed by atoms with E-state index in [4.69, 9.17) is 9.15 Å². The van der Waals surface area contributed by atoms with Gasteiger partial charge in [-0.3, -0.25) is 4.79 Å². The fourth-order valence-electron chi connectivity index (χ4n) is 3.22. The average Bonchev–Trinajstić information content (AvgIpc) is 2.71. The van der Waals surface area contributed by atoms with E-state index in [0.717, 1.165) is 16.5 Å². The van der Waals surface area contributed by atoms with Gasteiger partial charge in [-0.1, -0.05) is 30.3 Å². The van der Waals surface area contributed by atoms with E-state index < -0.39 is 23.5 Å². The molecule has 3 rings (SSSR count). The van der Waals surface area contributed by atoms with Gasteiger partial charge in [0.2, 0.25) is 0 Å². The molecule has 0 spiro atoms. The van der Waals surface area contributed by atoms with Crippen LogP contribution < -0.4 is 20.8 Å². The number of carboxylic acid groups (broad SMARTS) is 1. The molecule has 7 nitrogen and oxygen atoms in total. The van der Waals surface area contributed by atoms with Crippen molar-refractivity contribution >= 4 is 22.8 Å². The van der Waals surface area contributed by atoms with Crippen LogP contribution in [0.25, 0.3) is 11.0 Å². The van der Waals surface area contributed by atoms with Gasteiger partial charge in [0, 0.05) is 22.9 Å². The van der Waals surface area contributed by atoms with Gasteiger partial charge in [0.05, 0.1) is 12.0 Å². The number of hydrogen-bond donors (Lipinski definition) is 1. The maximum absolute atomic E-state index is 12.6. The first kappa shape index (κ1) is 21.1. The predicted octanol–water partition coefficient (Wildman–Crippen LogP) is 1.63. The molecule has 30 heavy (non-hydrogen) atoms. The fraction of sp³-hybridized carbons (Fsp3) is 0.261. The van der Waals surface area contributed by atoms with E-state index in [1.165, 1.54) is 6.92 Å². The zero-order valence-electron chi connectivity index (χ0n) is 17.0. The van der Waals surface area contributed by atoms with E-state index in [2.05, 4.69) is 5.32 Å². The maximum atomic E-state index is 12.6. The number of aryl methyl sites for hydroxylation is 2. The van der Waals surface area contributed by atoms with Crippen LogP contribution in [0.4, 0.5) is 0 Å². The molecule has 1 heterocycles. The Kier molecular flexibility index (Phi) is 6.20. The number of aliphatic carboxylic acids is 1. The summed E-state index contributed by atoms with van der Waals surface area (Å²) in [5, 5.41) is 13.8. The van der Waals surface area contributed by atoms with Crippen molar-refractivity contribution in [1.29, 1.82) is 0 Å². The number of carbonyl (C=O) groups is 2. The Balaban J connectivity index is 1.86. The molecule has 0 unspecified atom stereocenters. The molecular weight excluding hydrogens is 386 g/mol. The van der Waals surface area contributed by atoms with Gasteiger partial charge < -0.3 is 24.4 Å². The molecule has 1 amide bonds. The summed E-state index contributed by atoms with van der Waals surface area (Å²) in [6.45, 7) is 4.54. The minimum absolute atomic E-state index is 0.372. The lowest BCUT2D eigenvalue weighted by Gasteiger charge is -2.16. The molecule has 0 saturated carbocycles. The third kappa shape index (κ3) is 4.51. The third-order valence-corrected chi connectivity index (χ3v) is 4.97. The maximum Gasteiger partial charge on any atom is 0.340 e. The van der Waals surface area contributed by atoms with Crippen LogP contribution in [0.15, 0.2) is 51.7 Å². The van der Waals surface area contributed by atoms with Crippen LogP contribution in [0, 0.1) is 13.8 Å². The molecule has 2 aromatic carbocycles. The van der Waals surface area contributed by atoms with Gasteiger partial charge in [-0.2, -0.15) is 0 Å². The lowest BCUT2D eigenvalue weighted by atomic mass is 9.98. The first-order valence-electron chi connectivity index (χ1n) is 9.50. The summed E-state index contributed by atoms with van der Waals surface area (Å²) in [7, 11) is 0. The zero-order valence-corrected chi connectivity index (χ0v) is 17.0. The lowest BCUT2D eigenvalue weighted by Crippen LogP contribution is -2.47. The number of carboxylic acids is 1. The van der Waals surface area contributed by atoms with Crippen LogP contribution in [0.5, 0.6) is 5.75 Å². The second-order valence-electron chi connectivity index (χ2n) is 7.12. The summed E-state index contributed by atoms with van der Waals surface area (Å²) >= 11 is 0. The standard InChI is InChI=1S/C23H23NO6/c1-13-17-9-10-19(29-12-20(25)24-15(3)22(26)27)14(2)21(17)30-23(28)18(13)11-16-7-5-4-6-8-16/h4-10,15H,11-12H2,1-3H3,(H,24,25)(H,26,27)/p-1/t15-/m0/s1. The lowest BCUT2D eigenvalue weighted by molar-refractivity contribution is -0.307. The first-order valence-corrected chi connectivity index (χ1v) is 9.50. The van der Waals surface area contributed by atoms with Crippen LogP contribution in [0.1, 0.15) is 29.2 Å². The van der Waals surface area contributed by atoms with Gasteiger partial charge in [0.1, 0.15) is 11.3 Å². The van der Waals surface area contributed by atoms with Crippen molar-refractivity contribution in [1.82, 2.24) is 5.32 Å². The summed E-state index contributed by atoms with van der Waals surface area (Å²) in [6, 6.07) is 12.0. The summed E-state index contributed by atoms with van der Waals surface area (Å²) < 4.78 is 11.1. The number of ether oxygens (including phenoxy) is 1. The van der Waals surface area contributed by atoms with Gasteiger partial charge in [0.15, 0.2) is 6.61 Å². The number of amides is 1. The number of hydrogen-bond acceptors (Lipinski definition) is 6. The second kappa shape index (κ2) is 8.82. The van der Waals surface area contributed by atoms with Crippen LogP contribution in [0.2, 0.25) is 0 Å². The van der Waals surface area contributed by atoms with E-state index >= 15 is 0 Å². The smallest absolute Gasteiger partial charge is 0.340 e. The molecule has 0 bridgehead atoms. The molecule has 156 valence electrons. The van der Waals surface area contributed by atoms with E-state index in [-0.39, 0.29) is 6.61 Å². The normalized spacial score (nSPS) is 11.8. The summed E-state index contributed by atoms with van der Waals surface area (Å²) in [4.78, 5) is 35.2. The molecule has 1 N–H and O–H groups in total. The largest absolute Gasteiger partial charge is 0.548 e. The summed E-state index contributed by atoms with van der Waals surface area (Å²) in [6.07, 6.45) is 0.471. The SMILES string of the molecule is Cc1c(Cc2ccccc2)c(=O)oc2c(C)c(OCC(=O)N[C@@H](C)C(=O)[O-])ccc12. The van der Waals surface area contributed by atoms with Crippen molar-refractivity contribution in [3.05, 3.63) is 75.1 Å². The van der Waals surface area contributed by atoms with Crippen molar-refractivity contribution in [3.63, 3.8) is 0 Å². The minimum atomic E-state index is -1.38. The highest BCUT2D eigenvalue weighted by molar-refractivity contribution is 5.86. The molecule has 0 aliphatic heterocycles. The van der Waals surface area contributed by atoms with Gasteiger partial charge in [-0.15, -0.1) is 0 Å². The monoisotopic (exact) mass is 408 g/mol. The molecule has 1 atom stereocenters. The van der Waals surface area contributed by atoms with Crippen LogP contribution in [-0.4, -0.2) is 24.5 Å². The van der Waals surface area contributed by atoms with Crippen molar-refractivity contribution in [2.45, 2.75) is 33.2 Å². The number of benzene rings is 2. The highest BCUT2D eigenvalue weighted by atomic mass is 16.5. The number of rotatable bonds is 7. The minimum Gasteiger partial charge on any atom is -0.548 e. The Morgan fingerprint density at radius 3 is 2.47 bits per heavy atom. The molecule has 7 heteroatoms. The zero-order chi connectivity index (χ0) is 21.8. The molecule has 0 aliphatic rings. The number of carbonyl (C=O) groups excluding carboxylic acids is 2.